The molecular formula is C18H24F2N2OS. The molecule has 1 aromatic carbocycles. The first-order valence-corrected chi connectivity index (χ1v) is 9.78. The van der Waals surface area contributed by atoms with Crippen molar-refractivity contribution in [3.05, 3.63) is 35.4 Å². The monoisotopic (exact) mass is 354 g/mol. The van der Waals surface area contributed by atoms with Gasteiger partial charge < -0.3 is 10.6 Å². The zero-order valence-corrected chi connectivity index (χ0v) is 14.6. The van der Waals surface area contributed by atoms with E-state index in [1.165, 1.54) is 18.2 Å². The fourth-order valence-electron chi connectivity index (χ4n) is 3.89. The lowest BCUT2D eigenvalue weighted by molar-refractivity contribution is -0.121. The fourth-order valence-corrected chi connectivity index (χ4v) is 4.84. The minimum absolute atomic E-state index is 0.0435. The Balaban J connectivity index is 1.67. The lowest BCUT2D eigenvalue weighted by Gasteiger charge is -2.31. The summed E-state index contributed by atoms with van der Waals surface area (Å²) in [5.74, 6) is 0.958. The van der Waals surface area contributed by atoms with Gasteiger partial charge in [0, 0.05) is 48.0 Å². The Hall–Kier alpha value is -1.14. The molecule has 24 heavy (non-hydrogen) atoms. The van der Waals surface area contributed by atoms with Crippen LogP contribution >= 0.6 is 11.8 Å². The second-order valence-corrected chi connectivity index (χ2v) is 7.94. The first-order valence-electron chi connectivity index (χ1n) is 8.63. The SMILES string of the molecule is O=C(CC1CSCCN1)NCC1(c2c(F)cccc2F)CCCC1. The first-order chi connectivity index (χ1) is 11.6. The lowest BCUT2D eigenvalue weighted by Crippen LogP contribution is -2.44. The van der Waals surface area contributed by atoms with E-state index in [4.69, 9.17) is 0 Å². The van der Waals surface area contributed by atoms with Crippen LogP contribution < -0.4 is 10.6 Å². The number of hydrogen-bond acceptors (Lipinski definition) is 3. The van der Waals surface area contributed by atoms with E-state index in [-0.39, 0.29) is 17.5 Å². The predicted octanol–water partition coefficient (Wildman–Crippen LogP) is 2.99. The van der Waals surface area contributed by atoms with Gasteiger partial charge >= 0.3 is 0 Å². The molecule has 3 nitrogen and oxygen atoms in total. The van der Waals surface area contributed by atoms with Crippen molar-refractivity contribution in [3.8, 4) is 0 Å². The van der Waals surface area contributed by atoms with Crippen LogP contribution in [0.3, 0.4) is 0 Å². The zero-order valence-electron chi connectivity index (χ0n) is 13.7. The van der Waals surface area contributed by atoms with Crippen LogP contribution in [0, 0.1) is 11.6 Å². The van der Waals surface area contributed by atoms with Crippen molar-refractivity contribution in [2.45, 2.75) is 43.6 Å². The molecule has 1 unspecified atom stereocenters. The van der Waals surface area contributed by atoms with Crippen molar-refractivity contribution in [1.29, 1.82) is 0 Å². The van der Waals surface area contributed by atoms with Crippen molar-refractivity contribution in [2.24, 2.45) is 0 Å². The molecule has 1 aliphatic heterocycles. The molecule has 2 aliphatic rings. The Morgan fingerprint density at radius 3 is 2.62 bits per heavy atom. The average Bonchev–Trinajstić information content (AvgIpc) is 3.04. The minimum Gasteiger partial charge on any atom is -0.355 e. The van der Waals surface area contributed by atoms with Crippen LogP contribution in [0.25, 0.3) is 0 Å². The van der Waals surface area contributed by atoms with Crippen LogP contribution in [-0.2, 0) is 10.2 Å². The highest BCUT2D eigenvalue weighted by molar-refractivity contribution is 7.99. The lowest BCUT2D eigenvalue weighted by atomic mass is 9.78. The van der Waals surface area contributed by atoms with Crippen LogP contribution in [0.4, 0.5) is 8.78 Å². The fraction of sp³-hybridized carbons (Fsp3) is 0.611. The molecule has 132 valence electrons. The average molecular weight is 354 g/mol. The summed E-state index contributed by atoms with van der Waals surface area (Å²) in [5, 5.41) is 6.28. The minimum atomic E-state index is -0.611. The third kappa shape index (κ3) is 3.91. The molecule has 1 amide bonds. The van der Waals surface area contributed by atoms with Crippen LogP contribution in [0.2, 0.25) is 0 Å². The molecule has 1 atom stereocenters. The van der Waals surface area contributed by atoms with E-state index in [9.17, 15) is 13.6 Å². The zero-order chi connectivity index (χ0) is 17.0. The van der Waals surface area contributed by atoms with Gasteiger partial charge in [-0.25, -0.2) is 8.78 Å². The van der Waals surface area contributed by atoms with Gasteiger partial charge in [-0.2, -0.15) is 11.8 Å². The van der Waals surface area contributed by atoms with E-state index in [1.54, 1.807) is 0 Å². The number of hydrogen-bond donors (Lipinski definition) is 2. The Bertz CT molecular complexity index is 564. The molecule has 3 rings (SSSR count). The van der Waals surface area contributed by atoms with E-state index < -0.39 is 17.0 Å². The Kier molecular flexibility index (Phi) is 5.76. The highest BCUT2D eigenvalue weighted by atomic mass is 32.2. The van der Waals surface area contributed by atoms with Crippen molar-refractivity contribution < 1.29 is 13.6 Å². The number of rotatable bonds is 5. The first kappa shape index (κ1) is 17.7. The van der Waals surface area contributed by atoms with E-state index in [2.05, 4.69) is 10.6 Å². The quantitative estimate of drug-likeness (QED) is 0.854. The Morgan fingerprint density at radius 1 is 1.29 bits per heavy atom. The Morgan fingerprint density at radius 2 is 2.00 bits per heavy atom. The maximum Gasteiger partial charge on any atom is 0.221 e. The van der Waals surface area contributed by atoms with E-state index in [1.807, 2.05) is 11.8 Å². The molecule has 2 fully saturated rings. The number of thioether (sulfide) groups is 1. The third-order valence-corrected chi connectivity index (χ3v) is 6.24. The highest BCUT2D eigenvalue weighted by Gasteiger charge is 2.40. The molecule has 6 heteroatoms. The molecule has 0 bridgehead atoms. The molecule has 1 heterocycles. The van der Waals surface area contributed by atoms with Crippen LogP contribution in [0.1, 0.15) is 37.7 Å². The predicted molar refractivity (Wildman–Crippen MR) is 93.2 cm³/mol. The number of carbonyl (C=O) groups excluding carboxylic acids is 1. The molecule has 1 saturated heterocycles. The van der Waals surface area contributed by atoms with Gasteiger partial charge in [0.25, 0.3) is 0 Å². The van der Waals surface area contributed by atoms with Crippen molar-refractivity contribution >= 4 is 17.7 Å². The number of halogens is 2. The summed E-state index contributed by atoms with van der Waals surface area (Å²) >= 11 is 1.85. The maximum absolute atomic E-state index is 14.3. The van der Waals surface area contributed by atoms with Crippen molar-refractivity contribution in [1.82, 2.24) is 10.6 Å². The molecular weight excluding hydrogens is 330 g/mol. The molecule has 1 aromatic rings. The number of carbonyl (C=O) groups is 1. The van der Waals surface area contributed by atoms with E-state index >= 15 is 0 Å². The van der Waals surface area contributed by atoms with Gasteiger partial charge in [0.2, 0.25) is 5.91 Å². The molecule has 1 aliphatic carbocycles. The van der Waals surface area contributed by atoms with Gasteiger partial charge in [0.1, 0.15) is 11.6 Å². The maximum atomic E-state index is 14.3. The standard InChI is InChI=1S/C18H24F2N2OS/c19-14-4-3-5-15(20)17(14)18(6-1-2-7-18)12-22-16(23)10-13-11-24-9-8-21-13/h3-5,13,21H,1-2,6-12H2,(H,22,23). The summed E-state index contributed by atoms with van der Waals surface area (Å²) < 4.78 is 28.6. The normalized spacial score (nSPS) is 23.2. The highest BCUT2D eigenvalue weighted by Crippen LogP contribution is 2.42. The number of benzene rings is 1. The van der Waals surface area contributed by atoms with E-state index in [0.717, 1.165) is 30.9 Å². The van der Waals surface area contributed by atoms with Crippen molar-refractivity contribution in [2.75, 3.05) is 24.6 Å². The second-order valence-electron chi connectivity index (χ2n) is 6.79. The van der Waals surface area contributed by atoms with Gasteiger partial charge in [-0.3, -0.25) is 4.79 Å². The summed E-state index contributed by atoms with van der Waals surface area (Å²) in [6, 6.07) is 4.20. The van der Waals surface area contributed by atoms with Crippen LogP contribution in [0.5, 0.6) is 0 Å². The van der Waals surface area contributed by atoms with Crippen LogP contribution in [-0.4, -0.2) is 36.5 Å². The molecule has 1 saturated carbocycles. The van der Waals surface area contributed by atoms with Gasteiger partial charge in [0.15, 0.2) is 0 Å². The molecule has 0 aromatic heterocycles. The summed E-state index contributed by atoms with van der Waals surface area (Å²) in [4.78, 5) is 12.3. The number of amides is 1. The molecule has 0 radical (unpaired) electrons. The van der Waals surface area contributed by atoms with Gasteiger partial charge in [-0.05, 0) is 25.0 Å². The second kappa shape index (κ2) is 7.83. The van der Waals surface area contributed by atoms with E-state index in [0.29, 0.717) is 25.8 Å². The van der Waals surface area contributed by atoms with Gasteiger partial charge in [-0.1, -0.05) is 18.9 Å². The molecule has 0 spiro atoms. The molecule has 2 N–H and O–H groups in total. The third-order valence-electron chi connectivity index (χ3n) is 5.11. The summed E-state index contributed by atoms with van der Waals surface area (Å²) in [6.07, 6.45) is 3.71. The van der Waals surface area contributed by atoms with Gasteiger partial charge in [0.05, 0.1) is 0 Å². The van der Waals surface area contributed by atoms with Crippen LogP contribution in [0.15, 0.2) is 18.2 Å². The number of nitrogens with one attached hydrogen (secondary N) is 2. The summed E-state index contributed by atoms with van der Waals surface area (Å²) in [5.41, 5.74) is -0.464. The topological polar surface area (TPSA) is 41.1 Å². The smallest absolute Gasteiger partial charge is 0.221 e. The summed E-state index contributed by atoms with van der Waals surface area (Å²) in [6.45, 7) is 1.23. The summed E-state index contributed by atoms with van der Waals surface area (Å²) in [7, 11) is 0. The Labute approximate surface area is 146 Å². The van der Waals surface area contributed by atoms with Crippen molar-refractivity contribution in [3.63, 3.8) is 0 Å². The largest absolute Gasteiger partial charge is 0.355 e. The van der Waals surface area contributed by atoms with Gasteiger partial charge in [-0.15, -0.1) is 0 Å².